The van der Waals surface area contributed by atoms with Gasteiger partial charge in [0.2, 0.25) is 5.91 Å². The zero-order chi connectivity index (χ0) is 17.8. The van der Waals surface area contributed by atoms with Crippen LogP contribution in [-0.4, -0.2) is 17.4 Å². The van der Waals surface area contributed by atoms with Gasteiger partial charge in [0.05, 0.1) is 6.42 Å². The third kappa shape index (κ3) is 4.48. The second-order valence-electron chi connectivity index (χ2n) is 6.11. The molecular formula is C20H19ClN2O2. The molecule has 0 aliphatic heterocycles. The topological polar surface area (TPSA) is 62.0 Å². The minimum absolute atomic E-state index is 0.0108. The average Bonchev–Trinajstić information content (AvgIpc) is 2.58. The maximum absolute atomic E-state index is 12.0. The molecule has 1 heterocycles. The lowest BCUT2D eigenvalue weighted by molar-refractivity contribution is -0.120. The lowest BCUT2D eigenvalue weighted by Gasteiger charge is -2.07. The highest BCUT2D eigenvalue weighted by atomic mass is 35.5. The molecule has 5 heteroatoms. The maximum Gasteiger partial charge on any atom is 0.251 e. The van der Waals surface area contributed by atoms with Crippen molar-refractivity contribution in [1.82, 2.24) is 10.3 Å². The van der Waals surface area contributed by atoms with Crippen LogP contribution in [-0.2, 0) is 17.6 Å². The molecule has 0 radical (unpaired) electrons. The molecule has 0 aliphatic carbocycles. The minimum Gasteiger partial charge on any atom is -0.355 e. The maximum atomic E-state index is 12.0. The van der Waals surface area contributed by atoms with Crippen LogP contribution in [0.2, 0.25) is 5.02 Å². The van der Waals surface area contributed by atoms with E-state index in [1.54, 1.807) is 19.1 Å². The predicted octanol–water partition coefficient (Wildman–Crippen LogP) is 3.39. The van der Waals surface area contributed by atoms with E-state index in [9.17, 15) is 9.59 Å². The second kappa shape index (κ2) is 7.53. The molecule has 0 saturated heterocycles. The predicted molar refractivity (Wildman–Crippen MR) is 101 cm³/mol. The number of fused-ring (bicyclic) bond motifs is 1. The van der Waals surface area contributed by atoms with Gasteiger partial charge >= 0.3 is 0 Å². The Morgan fingerprint density at radius 2 is 1.80 bits per heavy atom. The standard InChI is InChI=1S/C20H19ClN2O2/c1-13-10-16-11-15(4-7-18(16)23-20(13)25)8-9-22-19(24)12-14-2-5-17(21)6-3-14/h2-7,10-11H,8-9,12H2,1H3,(H,22,24)(H,23,25). The van der Waals surface area contributed by atoms with E-state index in [4.69, 9.17) is 11.6 Å². The van der Waals surface area contributed by atoms with Gasteiger partial charge in [-0.2, -0.15) is 0 Å². The van der Waals surface area contributed by atoms with Crippen LogP contribution < -0.4 is 10.9 Å². The summed E-state index contributed by atoms with van der Waals surface area (Å²) in [7, 11) is 0. The van der Waals surface area contributed by atoms with E-state index in [1.165, 1.54) is 0 Å². The smallest absolute Gasteiger partial charge is 0.251 e. The van der Waals surface area contributed by atoms with Crippen molar-refractivity contribution in [2.45, 2.75) is 19.8 Å². The zero-order valence-corrected chi connectivity index (χ0v) is 14.7. The molecule has 3 rings (SSSR count). The van der Waals surface area contributed by atoms with Gasteiger partial charge in [0.25, 0.3) is 5.56 Å². The Morgan fingerprint density at radius 3 is 2.56 bits per heavy atom. The number of aromatic amines is 1. The Morgan fingerprint density at radius 1 is 1.08 bits per heavy atom. The number of hydrogen-bond acceptors (Lipinski definition) is 2. The average molecular weight is 355 g/mol. The molecule has 0 bridgehead atoms. The first kappa shape index (κ1) is 17.2. The number of hydrogen-bond donors (Lipinski definition) is 2. The van der Waals surface area contributed by atoms with Gasteiger partial charge in [0.1, 0.15) is 0 Å². The fraction of sp³-hybridized carbons (Fsp3) is 0.200. The summed E-state index contributed by atoms with van der Waals surface area (Å²) in [6.07, 6.45) is 1.08. The third-order valence-corrected chi connectivity index (χ3v) is 4.36. The fourth-order valence-corrected chi connectivity index (χ4v) is 2.84. The van der Waals surface area contributed by atoms with Crippen LogP contribution in [0.25, 0.3) is 10.9 Å². The molecule has 1 aromatic heterocycles. The van der Waals surface area contributed by atoms with Gasteiger partial charge in [0.15, 0.2) is 0 Å². The van der Waals surface area contributed by atoms with Crippen molar-refractivity contribution in [3.63, 3.8) is 0 Å². The zero-order valence-electron chi connectivity index (χ0n) is 13.9. The molecule has 2 aromatic carbocycles. The minimum atomic E-state index is -0.0605. The van der Waals surface area contributed by atoms with E-state index in [0.717, 1.165) is 28.5 Å². The van der Waals surface area contributed by atoms with E-state index in [-0.39, 0.29) is 11.5 Å². The Hall–Kier alpha value is -2.59. The molecule has 0 atom stereocenters. The van der Waals surface area contributed by atoms with Crippen molar-refractivity contribution in [2.75, 3.05) is 6.54 Å². The van der Waals surface area contributed by atoms with Crippen molar-refractivity contribution in [1.29, 1.82) is 0 Å². The van der Waals surface area contributed by atoms with Crippen molar-refractivity contribution in [3.05, 3.63) is 80.6 Å². The fourth-order valence-electron chi connectivity index (χ4n) is 2.72. The van der Waals surface area contributed by atoms with Gasteiger partial charge in [-0.05, 0) is 60.2 Å². The number of nitrogens with one attached hydrogen (secondary N) is 2. The van der Waals surface area contributed by atoms with Crippen molar-refractivity contribution < 1.29 is 4.79 Å². The highest BCUT2D eigenvalue weighted by Crippen LogP contribution is 2.14. The number of halogens is 1. The number of H-pyrrole nitrogens is 1. The molecule has 0 unspecified atom stereocenters. The van der Waals surface area contributed by atoms with Crippen LogP contribution in [0.5, 0.6) is 0 Å². The summed E-state index contributed by atoms with van der Waals surface area (Å²) in [5, 5.41) is 4.60. The van der Waals surface area contributed by atoms with Gasteiger partial charge < -0.3 is 10.3 Å². The lowest BCUT2D eigenvalue weighted by Crippen LogP contribution is -2.27. The number of carbonyl (C=O) groups is 1. The van der Waals surface area contributed by atoms with Crippen LogP contribution in [0, 0.1) is 6.92 Å². The molecule has 4 nitrogen and oxygen atoms in total. The lowest BCUT2D eigenvalue weighted by atomic mass is 10.1. The van der Waals surface area contributed by atoms with E-state index >= 15 is 0 Å². The first-order valence-corrected chi connectivity index (χ1v) is 8.53. The third-order valence-electron chi connectivity index (χ3n) is 4.11. The molecule has 25 heavy (non-hydrogen) atoms. The number of pyridine rings is 1. The highest BCUT2D eigenvalue weighted by Gasteiger charge is 2.04. The van der Waals surface area contributed by atoms with Gasteiger partial charge in [-0.1, -0.05) is 29.8 Å². The van der Waals surface area contributed by atoms with Gasteiger partial charge in [0, 0.05) is 22.6 Å². The second-order valence-corrected chi connectivity index (χ2v) is 6.54. The van der Waals surface area contributed by atoms with Crippen LogP contribution in [0.15, 0.2) is 53.3 Å². The Balaban J connectivity index is 1.57. The summed E-state index contributed by atoms with van der Waals surface area (Å²) in [4.78, 5) is 26.5. The quantitative estimate of drug-likeness (QED) is 0.737. The number of aryl methyl sites for hydroxylation is 1. The molecule has 1 amide bonds. The van der Waals surface area contributed by atoms with E-state index in [2.05, 4.69) is 10.3 Å². The first-order chi connectivity index (χ1) is 12.0. The number of benzene rings is 2. The number of rotatable bonds is 5. The summed E-state index contributed by atoms with van der Waals surface area (Å²) in [5.41, 5.74) is 3.51. The molecule has 3 aromatic rings. The Labute approximate surface area is 150 Å². The summed E-state index contributed by atoms with van der Waals surface area (Å²) < 4.78 is 0. The molecule has 0 fully saturated rings. The monoisotopic (exact) mass is 354 g/mol. The molecule has 0 aliphatic rings. The van der Waals surface area contributed by atoms with E-state index in [0.29, 0.717) is 23.6 Å². The summed E-state index contributed by atoms with van der Waals surface area (Å²) >= 11 is 5.84. The van der Waals surface area contributed by atoms with Crippen molar-refractivity contribution in [2.24, 2.45) is 0 Å². The number of aromatic nitrogens is 1. The van der Waals surface area contributed by atoms with Crippen molar-refractivity contribution >= 4 is 28.4 Å². The SMILES string of the molecule is Cc1cc2cc(CCNC(=O)Cc3ccc(Cl)cc3)ccc2[nH]c1=O. The highest BCUT2D eigenvalue weighted by molar-refractivity contribution is 6.30. The van der Waals surface area contributed by atoms with Crippen molar-refractivity contribution in [3.8, 4) is 0 Å². The molecule has 0 saturated carbocycles. The molecular weight excluding hydrogens is 336 g/mol. The summed E-state index contributed by atoms with van der Waals surface area (Å²) in [6, 6.07) is 15.1. The normalized spacial score (nSPS) is 10.8. The van der Waals surface area contributed by atoms with E-state index < -0.39 is 0 Å². The van der Waals surface area contributed by atoms with Gasteiger partial charge in [-0.25, -0.2) is 0 Å². The number of amides is 1. The Kier molecular flexibility index (Phi) is 5.19. The van der Waals surface area contributed by atoms with Crippen LogP contribution in [0.1, 0.15) is 16.7 Å². The van der Waals surface area contributed by atoms with E-state index in [1.807, 2.05) is 36.4 Å². The van der Waals surface area contributed by atoms with Crippen LogP contribution in [0.4, 0.5) is 0 Å². The number of carbonyl (C=O) groups excluding carboxylic acids is 1. The Bertz CT molecular complexity index is 962. The van der Waals surface area contributed by atoms with Gasteiger partial charge in [-0.3, -0.25) is 9.59 Å². The molecule has 0 spiro atoms. The summed E-state index contributed by atoms with van der Waals surface area (Å²) in [6.45, 7) is 2.36. The summed E-state index contributed by atoms with van der Waals surface area (Å²) in [5.74, 6) is -0.0108. The van der Waals surface area contributed by atoms with Crippen LogP contribution in [0.3, 0.4) is 0 Å². The molecule has 128 valence electrons. The molecule has 2 N–H and O–H groups in total. The largest absolute Gasteiger partial charge is 0.355 e. The first-order valence-electron chi connectivity index (χ1n) is 8.15. The van der Waals surface area contributed by atoms with Gasteiger partial charge in [-0.15, -0.1) is 0 Å². The van der Waals surface area contributed by atoms with Crippen LogP contribution >= 0.6 is 11.6 Å².